The molecular weight excluding hydrogens is 224 g/mol. The first-order chi connectivity index (χ1) is 8.69. The highest BCUT2D eigenvalue weighted by Gasteiger charge is 2.15. The Balaban J connectivity index is 2.53. The molecule has 1 rings (SSSR count). The molecule has 2 unspecified atom stereocenters. The summed E-state index contributed by atoms with van der Waals surface area (Å²) < 4.78 is 5.61. The van der Waals surface area contributed by atoms with Crippen molar-refractivity contribution < 1.29 is 9.84 Å². The Morgan fingerprint density at radius 2 is 1.78 bits per heavy atom. The maximum atomic E-state index is 10.2. The van der Waals surface area contributed by atoms with Gasteiger partial charge >= 0.3 is 0 Å². The molecule has 1 aromatic carbocycles. The lowest BCUT2D eigenvalue weighted by Crippen LogP contribution is -2.08. The number of unbranched alkanes of at least 4 members (excludes halogenated alkanes) is 1. The number of aliphatic hydroxyl groups excluding tert-OH is 1. The van der Waals surface area contributed by atoms with E-state index < -0.39 is 0 Å². The molecule has 0 spiro atoms. The van der Waals surface area contributed by atoms with Gasteiger partial charge in [-0.1, -0.05) is 45.7 Å². The zero-order valence-corrected chi connectivity index (χ0v) is 11.9. The highest BCUT2D eigenvalue weighted by molar-refractivity contribution is 5.28. The zero-order chi connectivity index (χ0) is 13.4. The molecule has 0 aliphatic carbocycles. The number of rotatable bonds is 8. The van der Waals surface area contributed by atoms with Crippen LogP contribution in [0.2, 0.25) is 0 Å². The van der Waals surface area contributed by atoms with E-state index in [9.17, 15) is 5.11 Å². The summed E-state index contributed by atoms with van der Waals surface area (Å²) in [6.45, 7) is 7.16. The fraction of sp³-hybridized carbons (Fsp3) is 0.625. The SMILES string of the molecule is CCCCOc1ccc(C(O)C(C)CCC)cc1. The molecule has 18 heavy (non-hydrogen) atoms. The van der Waals surface area contributed by atoms with E-state index in [1.807, 2.05) is 24.3 Å². The lowest BCUT2D eigenvalue weighted by atomic mass is 9.94. The minimum Gasteiger partial charge on any atom is -0.494 e. The van der Waals surface area contributed by atoms with Crippen molar-refractivity contribution >= 4 is 0 Å². The highest BCUT2D eigenvalue weighted by Crippen LogP contribution is 2.26. The predicted molar refractivity (Wildman–Crippen MR) is 75.9 cm³/mol. The number of hydrogen-bond acceptors (Lipinski definition) is 2. The van der Waals surface area contributed by atoms with Crippen molar-refractivity contribution in [3.63, 3.8) is 0 Å². The van der Waals surface area contributed by atoms with Crippen molar-refractivity contribution in [1.29, 1.82) is 0 Å². The Hall–Kier alpha value is -1.02. The van der Waals surface area contributed by atoms with E-state index in [4.69, 9.17) is 4.74 Å². The van der Waals surface area contributed by atoms with Crippen molar-refractivity contribution in [3.8, 4) is 5.75 Å². The minimum absolute atomic E-state index is 0.307. The summed E-state index contributed by atoms with van der Waals surface area (Å²) in [5, 5.41) is 10.2. The quantitative estimate of drug-likeness (QED) is 0.696. The van der Waals surface area contributed by atoms with E-state index in [-0.39, 0.29) is 6.10 Å². The molecular formula is C16H26O2. The van der Waals surface area contributed by atoms with E-state index in [1.54, 1.807) is 0 Å². The van der Waals surface area contributed by atoms with Crippen LogP contribution in [0.5, 0.6) is 5.75 Å². The summed E-state index contributed by atoms with van der Waals surface area (Å²) in [7, 11) is 0. The number of aliphatic hydroxyl groups is 1. The standard InChI is InChI=1S/C16H26O2/c1-4-6-12-18-15-10-8-14(9-11-15)16(17)13(3)7-5-2/h8-11,13,16-17H,4-7,12H2,1-3H3. The first-order valence-corrected chi connectivity index (χ1v) is 7.09. The van der Waals surface area contributed by atoms with Crippen molar-refractivity contribution in [2.24, 2.45) is 5.92 Å². The van der Waals surface area contributed by atoms with Crippen LogP contribution < -0.4 is 4.74 Å². The van der Waals surface area contributed by atoms with Crippen LogP contribution in [0.3, 0.4) is 0 Å². The molecule has 0 saturated carbocycles. The zero-order valence-electron chi connectivity index (χ0n) is 11.9. The summed E-state index contributed by atoms with van der Waals surface area (Å²) in [4.78, 5) is 0. The van der Waals surface area contributed by atoms with Crippen molar-refractivity contribution in [3.05, 3.63) is 29.8 Å². The third-order valence-corrected chi connectivity index (χ3v) is 3.27. The second kappa shape index (κ2) is 8.15. The Kier molecular flexibility index (Phi) is 6.81. The Morgan fingerprint density at radius 1 is 1.11 bits per heavy atom. The molecule has 0 fully saturated rings. The molecule has 2 heteroatoms. The van der Waals surface area contributed by atoms with Crippen molar-refractivity contribution in [2.75, 3.05) is 6.61 Å². The number of hydrogen-bond donors (Lipinski definition) is 1. The summed E-state index contributed by atoms with van der Waals surface area (Å²) >= 11 is 0. The third kappa shape index (κ3) is 4.69. The number of ether oxygens (including phenoxy) is 1. The van der Waals surface area contributed by atoms with Crippen molar-refractivity contribution in [1.82, 2.24) is 0 Å². The summed E-state index contributed by atoms with van der Waals surface area (Å²) in [6.07, 6.45) is 4.02. The van der Waals surface area contributed by atoms with Gasteiger partial charge in [0.2, 0.25) is 0 Å². The molecule has 0 saturated heterocycles. The number of benzene rings is 1. The smallest absolute Gasteiger partial charge is 0.119 e. The average molecular weight is 250 g/mol. The first-order valence-electron chi connectivity index (χ1n) is 7.09. The second-order valence-electron chi connectivity index (χ2n) is 4.98. The van der Waals surface area contributed by atoms with Crippen LogP contribution in [-0.2, 0) is 0 Å². The monoisotopic (exact) mass is 250 g/mol. The Labute approximate surface area is 111 Å². The largest absolute Gasteiger partial charge is 0.494 e. The van der Waals surface area contributed by atoms with Crippen LogP contribution in [-0.4, -0.2) is 11.7 Å². The first kappa shape index (κ1) is 15.0. The minimum atomic E-state index is -0.366. The molecule has 2 atom stereocenters. The second-order valence-corrected chi connectivity index (χ2v) is 4.98. The van der Waals surface area contributed by atoms with Gasteiger partial charge in [0.15, 0.2) is 0 Å². The van der Waals surface area contributed by atoms with E-state index in [1.165, 1.54) is 0 Å². The Morgan fingerprint density at radius 3 is 2.33 bits per heavy atom. The molecule has 1 aromatic rings. The van der Waals surface area contributed by atoms with Gasteiger partial charge < -0.3 is 9.84 Å². The molecule has 0 aromatic heterocycles. The maximum absolute atomic E-state index is 10.2. The highest BCUT2D eigenvalue weighted by atomic mass is 16.5. The van der Waals surface area contributed by atoms with Gasteiger partial charge in [-0.2, -0.15) is 0 Å². The summed E-state index contributed by atoms with van der Waals surface area (Å²) in [5.41, 5.74) is 0.985. The molecule has 0 amide bonds. The third-order valence-electron chi connectivity index (χ3n) is 3.27. The molecule has 1 N–H and O–H groups in total. The lowest BCUT2D eigenvalue weighted by Gasteiger charge is -2.18. The van der Waals surface area contributed by atoms with Crippen LogP contribution in [0.1, 0.15) is 58.1 Å². The molecule has 0 radical (unpaired) electrons. The molecule has 0 aliphatic heterocycles. The van der Waals surface area contributed by atoms with E-state index in [0.29, 0.717) is 5.92 Å². The van der Waals surface area contributed by atoms with Gasteiger partial charge in [0.25, 0.3) is 0 Å². The van der Waals surface area contributed by atoms with Crippen LogP contribution in [0.4, 0.5) is 0 Å². The van der Waals surface area contributed by atoms with Gasteiger partial charge in [0.05, 0.1) is 12.7 Å². The van der Waals surface area contributed by atoms with Gasteiger partial charge in [0, 0.05) is 0 Å². The van der Waals surface area contributed by atoms with E-state index >= 15 is 0 Å². The molecule has 2 nitrogen and oxygen atoms in total. The average Bonchev–Trinajstić information content (AvgIpc) is 2.39. The Bertz CT molecular complexity index is 318. The normalized spacial score (nSPS) is 14.2. The van der Waals surface area contributed by atoms with Crippen LogP contribution in [0.25, 0.3) is 0 Å². The molecule has 0 aliphatic rings. The van der Waals surface area contributed by atoms with E-state index in [2.05, 4.69) is 20.8 Å². The van der Waals surface area contributed by atoms with Crippen molar-refractivity contribution in [2.45, 2.75) is 52.6 Å². The molecule has 102 valence electrons. The van der Waals surface area contributed by atoms with Gasteiger partial charge in [-0.05, 0) is 36.5 Å². The topological polar surface area (TPSA) is 29.5 Å². The lowest BCUT2D eigenvalue weighted by molar-refractivity contribution is 0.112. The van der Waals surface area contributed by atoms with Gasteiger partial charge in [-0.15, -0.1) is 0 Å². The van der Waals surface area contributed by atoms with Crippen LogP contribution >= 0.6 is 0 Å². The van der Waals surface area contributed by atoms with Gasteiger partial charge in [-0.3, -0.25) is 0 Å². The maximum Gasteiger partial charge on any atom is 0.119 e. The predicted octanol–water partition coefficient (Wildman–Crippen LogP) is 4.34. The summed E-state index contributed by atoms with van der Waals surface area (Å²) in [6, 6.07) is 7.84. The molecule has 0 bridgehead atoms. The fourth-order valence-electron chi connectivity index (χ4n) is 2.04. The fourth-order valence-corrected chi connectivity index (χ4v) is 2.04. The van der Waals surface area contributed by atoms with Gasteiger partial charge in [-0.25, -0.2) is 0 Å². The van der Waals surface area contributed by atoms with Crippen LogP contribution in [0.15, 0.2) is 24.3 Å². The van der Waals surface area contributed by atoms with Gasteiger partial charge in [0.1, 0.15) is 5.75 Å². The van der Waals surface area contributed by atoms with E-state index in [0.717, 1.165) is 43.6 Å². The van der Waals surface area contributed by atoms with Crippen LogP contribution in [0, 0.1) is 5.92 Å². The molecule has 0 heterocycles. The summed E-state index contributed by atoms with van der Waals surface area (Å²) in [5.74, 6) is 1.20.